The van der Waals surface area contributed by atoms with E-state index < -0.39 is 10.0 Å². The summed E-state index contributed by atoms with van der Waals surface area (Å²) in [5.74, 6) is 0.0102. The first kappa shape index (κ1) is 21.6. The summed E-state index contributed by atoms with van der Waals surface area (Å²) in [4.78, 5) is 17.0. The second-order valence-electron chi connectivity index (χ2n) is 7.34. The Labute approximate surface area is 186 Å². The van der Waals surface area contributed by atoms with Crippen LogP contribution in [0.3, 0.4) is 0 Å². The monoisotopic (exact) mass is 456 g/mol. The van der Waals surface area contributed by atoms with Gasteiger partial charge in [-0.05, 0) is 55.7 Å². The number of nitrogens with one attached hydrogen (secondary N) is 1. The van der Waals surface area contributed by atoms with Crippen LogP contribution in [0.1, 0.15) is 18.4 Å². The second kappa shape index (κ2) is 9.25. The highest BCUT2D eigenvalue weighted by Crippen LogP contribution is 2.24. The summed E-state index contributed by atoms with van der Waals surface area (Å²) in [7, 11) is -3.45. The SMILES string of the molecule is Cc1ccccc1-n1ccnc1SCC(=O)Nc1ccc(S(=O)(=O)N2CCCC2)cc1. The average molecular weight is 457 g/mol. The molecule has 1 N–H and O–H groups in total. The molecule has 4 rings (SSSR count). The number of carbonyl (C=O) groups excluding carboxylic acids is 1. The van der Waals surface area contributed by atoms with Gasteiger partial charge in [0.05, 0.1) is 16.3 Å². The van der Waals surface area contributed by atoms with Crippen LogP contribution in [0.25, 0.3) is 5.69 Å². The Morgan fingerprint density at radius 1 is 1.10 bits per heavy atom. The summed E-state index contributed by atoms with van der Waals surface area (Å²) < 4.78 is 28.7. The van der Waals surface area contributed by atoms with Crippen LogP contribution < -0.4 is 5.32 Å². The minimum absolute atomic E-state index is 0.181. The number of thioether (sulfide) groups is 1. The number of rotatable bonds is 7. The first-order chi connectivity index (χ1) is 14.9. The number of para-hydroxylation sites is 1. The van der Waals surface area contributed by atoms with E-state index in [-0.39, 0.29) is 16.6 Å². The zero-order valence-electron chi connectivity index (χ0n) is 17.2. The third kappa shape index (κ3) is 4.84. The van der Waals surface area contributed by atoms with Crippen LogP contribution in [0, 0.1) is 6.92 Å². The van der Waals surface area contributed by atoms with Gasteiger partial charge in [-0.1, -0.05) is 30.0 Å². The molecule has 1 aliphatic rings. The number of hydrogen-bond donors (Lipinski definition) is 1. The van der Waals surface area contributed by atoms with Crippen LogP contribution in [-0.4, -0.2) is 47.0 Å². The standard InChI is InChI=1S/C22H24N4O3S2/c1-17-6-2-3-7-20(17)26-15-12-23-22(26)30-16-21(27)24-18-8-10-19(11-9-18)31(28,29)25-13-4-5-14-25/h2-3,6-12,15H,4-5,13-14,16H2,1H3,(H,24,27). The predicted octanol–water partition coefficient (Wildman–Crippen LogP) is 3.70. The molecule has 2 heterocycles. The summed E-state index contributed by atoms with van der Waals surface area (Å²) in [5.41, 5.74) is 2.71. The molecule has 0 saturated carbocycles. The Bertz CT molecular complexity index is 1170. The zero-order chi connectivity index (χ0) is 21.8. The van der Waals surface area contributed by atoms with E-state index in [2.05, 4.69) is 10.3 Å². The lowest BCUT2D eigenvalue weighted by Crippen LogP contribution is -2.27. The molecule has 9 heteroatoms. The summed E-state index contributed by atoms with van der Waals surface area (Å²) in [6.45, 7) is 3.16. The van der Waals surface area contributed by atoms with Gasteiger partial charge < -0.3 is 5.32 Å². The van der Waals surface area contributed by atoms with Crippen LogP contribution in [0.4, 0.5) is 5.69 Å². The van der Waals surface area contributed by atoms with Gasteiger partial charge in [0, 0.05) is 31.2 Å². The largest absolute Gasteiger partial charge is 0.325 e. The van der Waals surface area contributed by atoms with E-state index in [0.29, 0.717) is 18.8 Å². The third-order valence-corrected chi connectivity index (χ3v) is 8.03. The summed E-state index contributed by atoms with van der Waals surface area (Å²) in [6.07, 6.45) is 5.38. The molecule has 0 bridgehead atoms. The van der Waals surface area contributed by atoms with E-state index in [9.17, 15) is 13.2 Å². The maximum atomic E-state index is 12.6. The Morgan fingerprint density at radius 2 is 1.81 bits per heavy atom. The smallest absolute Gasteiger partial charge is 0.243 e. The molecule has 0 spiro atoms. The Morgan fingerprint density at radius 3 is 2.52 bits per heavy atom. The van der Waals surface area contributed by atoms with E-state index in [1.807, 2.05) is 42.0 Å². The molecule has 1 saturated heterocycles. The van der Waals surface area contributed by atoms with Crippen molar-refractivity contribution in [3.05, 3.63) is 66.5 Å². The minimum Gasteiger partial charge on any atom is -0.325 e. The fraction of sp³-hybridized carbons (Fsp3) is 0.273. The van der Waals surface area contributed by atoms with Gasteiger partial charge in [0.25, 0.3) is 0 Å². The number of anilines is 1. The molecular formula is C22H24N4O3S2. The zero-order valence-corrected chi connectivity index (χ0v) is 18.8. The number of benzene rings is 2. The Hall–Kier alpha value is -2.62. The average Bonchev–Trinajstić information content (AvgIpc) is 3.46. The van der Waals surface area contributed by atoms with E-state index in [1.54, 1.807) is 30.5 Å². The van der Waals surface area contributed by atoms with Crippen molar-refractivity contribution < 1.29 is 13.2 Å². The third-order valence-electron chi connectivity index (χ3n) is 5.16. The van der Waals surface area contributed by atoms with Crippen LogP contribution in [-0.2, 0) is 14.8 Å². The van der Waals surface area contributed by atoms with Crippen LogP contribution in [0.5, 0.6) is 0 Å². The molecule has 0 radical (unpaired) electrons. The van der Waals surface area contributed by atoms with Crippen molar-refractivity contribution in [1.82, 2.24) is 13.9 Å². The minimum atomic E-state index is -3.45. The number of carbonyl (C=O) groups is 1. The molecular weight excluding hydrogens is 432 g/mol. The molecule has 7 nitrogen and oxygen atoms in total. The molecule has 31 heavy (non-hydrogen) atoms. The molecule has 0 aliphatic carbocycles. The summed E-state index contributed by atoms with van der Waals surface area (Å²) in [5, 5.41) is 3.55. The molecule has 3 aromatic rings. The first-order valence-electron chi connectivity index (χ1n) is 10.1. The maximum Gasteiger partial charge on any atom is 0.243 e. The Balaban J connectivity index is 1.37. The van der Waals surface area contributed by atoms with Gasteiger partial charge >= 0.3 is 0 Å². The molecule has 1 fully saturated rings. The van der Waals surface area contributed by atoms with Crippen LogP contribution in [0.15, 0.2) is 71.0 Å². The lowest BCUT2D eigenvalue weighted by atomic mass is 10.2. The van der Waals surface area contributed by atoms with Crippen molar-refractivity contribution in [1.29, 1.82) is 0 Å². The molecule has 0 unspecified atom stereocenters. The van der Waals surface area contributed by atoms with Gasteiger partial charge in [0.1, 0.15) is 0 Å². The molecule has 1 aromatic heterocycles. The fourth-order valence-corrected chi connectivity index (χ4v) is 5.81. The van der Waals surface area contributed by atoms with Crippen molar-refractivity contribution >= 4 is 33.4 Å². The highest BCUT2D eigenvalue weighted by molar-refractivity contribution is 7.99. The normalized spacial score (nSPS) is 14.6. The summed E-state index contributed by atoms with van der Waals surface area (Å²) >= 11 is 1.35. The number of nitrogens with zero attached hydrogens (tertiary/aromatic N) is 3. The topological polar surface area (TPSA) is 84.3 Å². The van der Waals surface area contributed by atoms with E-state index >= 15 is 0 Å². The maximum absolute atomic E-state index is 12.6. The molecule has 1 aliphatic heterocycles. The van der Waals surface area contributed by atoms with E-state index in [1.165, 1.54) is 16.1 Å². The van der Waals surface area contributed by atoms with Crippen molar-refractivity contribution in [2.24, 2.45) is 0 Å². The summed E-state index contributed by atoms with van der Waals surface area (Å²) in [6, 6.07) is 14.3. The predicted molar refractivity (Wildman–Crippen MR) is 122 cm³/mol. The molecule has 2 aromatic carbocycles. The van der Waals surface area contributed by atoms with Gasteiger partial charge in [-0.2, -0.15) is 4.31 Å². The fourth-order valence-electron chi connectivity index (χ4n) is 3.53. The quantitative estimate of drug-likeness (QED) is 0.548. The van der Waals surface area contributed by atoms with Crippen molar-refractivity contribution in [3.63, 3.8) is 0 Å². The molecule has 1 amide bonds. The Kier molecular flexibility index (Phi) is 6.45. The van der Waals surface area contributed by atoms with Crippen molar-refractivity contribution in [2.75, 3.05) is 24.2 Å². The second-order valence-corrected chi connectivity index (χ2v) is 10.2. The van der Waals surface area contributed by atoms with Crippen molar-refractivity contribution in [2.45, 2.75) is 29.8 Å². The lowest BCUT2D eigenvalue weighted by molar-refractivity contribution is -0.113. The number of sulfonamides is 1. The van der Waals surface area contributed by atoms with Crippen molar-refractivity contribution in [3.8, 4) is 5.69 Å². The van der Waals surface area contributed by atoms with E-state index in [0.717, 1.165) is 29.2 Å². The highest BCUT2D eigenvalue weighted by Gasteiger charge is 2.26. The van der Waals surface area contributed by atoms with E-state index in [4.69, 9.17) is 0 Å². The number of imidazole rings is 1. The van der Waals surface area contributed by atoms with Gasteiger partial charge in [-0.3, -0.25) is 9.36 Å². The van der Waals surface area contributed by atoms with Crippen LogP contribution >= 0.6 is 11.8 Å². The number of aromatic nitrogens is 2. The number of hydrogen-bond acceptors (Lipinski definition) is 5. The number of aryl methyl sites for hydroxylation is 1. The van der Waals surface area contributed by atoms with Gasteiger partial charge in [-0.15, -0.1) is 0 Å². The van der Waals surface area contributed by atoms with Gasteiger partial charge in [0.15, 0.2) is 5.16 Å². The highest BCUT2D eigenvalue weighted by atomic mass is 32.2. The number of amides is 1. The first-order valence-corrected chi connectivity index (χ1v) is 12.5. The van der Waals surface area contributed by atoms with Gasteiger partial charge in [0.2, 0.25) is 15.9 Å². The molecule has 162 valence electrons. The molecule has 0 atom stereocenters. The van der Waals surface area contributed by atoms with Crippen LogP contribution in [0.2, 0.25) is 0 Å². The van der Waals surface area contributed by atoms with Gasteiger partial charge in [-0.25, -0.2) is 13.4 Å². The lowest BCUT2D eigenvalue weighted by Gasteiger charge is -2.15.